The van der Waals surface area contributed by atoms with Crippen LogP contribution in [0.4, 0.5) is 4.79 Å². The summed E-state index contributed by atoms with van der Waals surface area (Å²) in [6.07, 6.45) is -0.615. The zero-order valence-corrected chi connectivity index (χ0v) is 19.7. The molecule has 1 atom stereocenters. The summed E-state index contributed by atoms with van der Waals surface area (Å²) in [6, 6.07) is 22.0. The molecule has 7 nitrogen and oxygen atoms in total. The first-order valence-electron chi connectivity index (χ1n) is 10.8. The molecule has 34 heavy (non-hydrogen) atoms. The fourth-order valence-electron chi connectivity index (χ4n) is 4.10. The molecule has 0 saturated carbocycles. The first-order chi connectivity index (χ1) is 16.4. The summed E-state index contributed by atoms with van der Waals surface area (Å²) in [5.41, 5.74) is 5.19. The van der Waals surface area contributed by atoms with E-state index in [1.54, 1.807) is 24.3 Å². The number of hydrogen-bond acceptors (Lipinski definition) is 4. The Balaban J connectivity index is 1.29. The van der Waals surface area contributed by atoms with Crippen molar-refractivity contribution in [3.8, 4) is 11.1 Å². The number of carboxylic acid groups (broad SMARTS) is 1. The third-order valence-electron chi connectivity index (χ3n) is 5.72. The molecule has 0 radical (unpaired) electrons. The molecule has 0 unspecified atom stereocenters. The maximum absolute atomic E-state index is 12.2. The zero-order chi connectivity index (χ0) is 24.1. The molecule has 0 fully saturated rings. The van der Waals surface area contributed by atoms with Gasteiger partial charge in [0.2, 0.25) is 5.91 Å². The second-order valence-corrected chi connectivity index (χ2v) is 8.88. The molecule has 3 N–H and O–H groups in total. The molecule has 8 heteroatoms. The summed E-state index contributed by atoms with van der Waals surface area (Å²) in [4.78, 5) is 36.0. The molecule has 0 bridgehead atoms. The molecule has 2 amide bonds. The van der Waals surface area contributed by atoms with Crippen LogP contribution in [0, 0.1) is 0 Å². The summed E-state index contributed by atoms with van der Waals surface area (Å²) in [5.74, 6) is -1.86. The lowest BCUT2D eigenvalue weighted by Gasteiger charge is -2.16. The smallest absolute Gasteiger partial charge is 0.407 e. The molecular formula is C26H23BrN2O5. The quantitative estimate of drug-likeness (QED) is 0.413. The van der Waals surface area contributed by atoms with Crippen LogP contribution >= 0.6 is 15.9 Å². The third kappa shape index (κ3) is 5.46. The number of nitrogens with one attached hydrogen (secondary N) is 2. The van der Waals surface area contributed by atoms with Gasteiger partial charge in [-0.3, -0.25) is 4.79 Å². The molecule has 1 aliphatic carbocycles. The SMILES string of the molecule is O=C(CNC(=O)OCC1c2ccccc2-c2ccccc21)N[C@H](Cc1ccc(Br)cc1)C(=O)O. The lowest BCUT2D eigenvalue weighted by atomic mass is 9.98. The van der Waals surface area contributed by atoms with Gasteiger partial charge in [-0.1, -0.05) is 76.6 Å². The van der Waals surface area contributed by atoms with Gasteiger partial charge in [0.15, 0.2) is 0 Å². The van der Waals surface area contributed by atoms with Gasteiger partial charge in [-0.05, 0) is 39.9 Å². The Morgan fingerprint density at radius 3 is 2.09 bits per heavy atom. The van der Waals surface area contributed by atoms with Gasteiger partial charge in [0, 0.05) is 16.8 Å². The van der Waals surface area contributed by atoms with Crippen molar-refractivity contribution in [3.05, 3.63) is 94.0 Å². The van der Waals surface area contributed by atoms with Crippen LogP contribution in [0.3, 0.4) is 0 Å². The third-order valence-corrected chi connectivity index (χ3v) is 6.25. The lowest BCUT2D eigenvalue weighted by molar-refractivity contribution is -0.141. The van der Waals surface area contributed by atoms with E-state index < -0.39 is 24.0 Å². The highest BCUT2D eigenvalue weighted by Gasteiger charge is 2.29. The molecule has 3 aromatic rings. The molecule has 3 aromatic carbocycles. The molecule has 174 valence electrons. The van der Waals surface area contributed by atoms with E-state index in [1.165, 1.54) is 0 Å². The number of rotatable bonds is 8. The van der Waals surface area contributed by atoms with Crippen LogP contribution in [0.5, 0.6) is 0 Å². The molecule has 0 heterocycles. The molecule has 1 aliphatic rings. The minimum absolute atomic E-state index is 0.0886. The van der Waals surface area contributed by atoms with Crippen LogP contribution in [-0.2, 0) is 20.7 Å². The summed E-state index contributed by atoms with van der Waals surface area (Å²) in [5, 5.41) is 14.3. The number of alkyl carbamates (subject to hydrolysis) is 1. The van der Waals surface area contributed by atoms with E-state index >= 15 is 0 Å². The van der Waals surface area contributed by atoms with Crippen LogP contribution in [0.15, 0.2) is 77.3 Å². The number of carbonyl (C=O) groups excluding carboxylic acids is 2. The standard InChI is InChI=1S/C26H23BrN2O5/c27-17-11-9-16(10-12-17)13-23(25(31)32)29-24(30)14-28-26(33)34-15-22-20-7-3-1-5-18(20)19-6-2-4-8-21(19)22/h1-12,22-23H,13-15H2,(H,28,33)(H,29,30)(H,31,32)/t23-/m1/s1. The number of fused-ring (bicyclic) bond motifs is 3. The highest BCUT2D eigenvalue weighted by molar-refractivity contribution is 9.10. The number of benzene rings is 3. The van der Waals surface area contributed by atoms with Gasteiger partial charge >= 0.3 is 12.1 Å². The Kier molecular flexibility index (Phi) is 7.27. The van der Waals surface area contributed by atoms with E-state index in [4.69, 9.17) is 4.74 Å². The fraction of sp³-hybridized carbons (Fsp3) is 0.192. The van der Waals surface area contributed by atoms with Crippen molar-refractivity contribution in [2.24, 2.45) is 0 Å². The van der Waals surface area contributed by atoms with Crippen LogP contribution < -0.4 is 10.6 Å². The van der Waals surface area contributed by atoms with Gasteiger partial charge in [-0.2, -0.15) is 0 Å². The average Bonchev–Trinajstić information content (AvgIpc) is 3.16. The maximum atomic E-state index is 12.2. The lowest BCUT2D eigenvalue weighted by Crippen LogP contribution is -2.46. The van der Waals surface area contributed by atoms with E-state index in [2.05, 4.69) is 26.6 Å². The van der Waals surface area contributed by atoms with Crippen molar-refractivity contribution in [2.75, 3.05) is 13.2 Å². The minimum Gasteiger partial charge on any atom is -0.480 e. The summed E-state index contributed by atoms with van der Waals surface area (Å²) >= 11 is 3.33. The van der Waals surface area contributed by atoms with Crippen molar-refractivity contribution < 1.29 is 24.2 Å². The maximum Gasteiger partial charge on any atom is 0.407 e. The van der Waals surface area contributed by atoms with Gasteiger partial charge in [0.1, 0.15) is 19.2 Å². The number of carbonyl (C=O) groups is 3. The Morgan fingerprint density at radius 2 is 1.50 bits per heavy atom. The zero-order valence-electron chi connectivity index (χ0n) is 18.2. The van der Waals surface area contributed by atoms with Crippen molar-refractivity contribution in [1.82, 2.24) is 10.6 Å². The van der Waals surface area contributed by atoms with Gasteiger partial charge < -0.3 is 20.5 Å². The van der Waals surface area contributed by atoms with Gasteiger partial charge in [-0.15, -0.1) is 0 Å². The normalized spacial score (nSPS) is 12.9. The summed E-state index contributed by atoms with van der Waals surface area (Å²) < 4.78 is 6.27. The Bertz CT molecular complexity index is 1170. The minimum atomic E-state index is -1.16. The Hall–Kier alpha value is -3.65. The van der Waals surface area contributed by atoms with Crippen molar-refractivity contribution >= 4 is 33.9 Å². The van der Waals surface area contributed by atoms with Crippen LogP contribution in [0.2, 0.25) is 0 Å². The molecule has 0 aliphatic heterocycles. The Morgan fingerprint density at radius 1 is 0.912 bits per heavy atom. The molecule has 4 rings (SSSR count). The summed E-state index contributed by atoms with van der Waals surface area (Å²) in [7, 11) is 0. The molecular weight excluding hydrogens is 500 g/mol. The molecule has 0 aromatic heterocycles. The predicted octanol–water partition coefficient (Wildman–Crippen LogP) is 4.10. The van der Waals surface area contributed by atoms with Crippen LogP contribution in [0.1, 0.15) is 22.6 Å². The summed E-state index contributed by atoms with van der Waals surface area (Å²) in [6.45, 7) is -0.260. The van der Waals surface area contributed by atoms with Crippen LogP contribution in [0.25, 0.3) is 11.1 Å². The van der Waals surface area contributed by atoms with Crippen molar-refractivity contribution in [3.63, 3.8) is 0 Å². The Labute approximate surface area is 205 Å². The number of hydrogen-bond donors (Lipinski definition) is 3. The van der Waals surface area contributed by atoms with E-state index in [0.29, 0.717) is 0 Å². The second kappa shape index (κ2) is 10.5. The average molecular weight is 523 g/mol. The number of aliphatic carboxylic acids is 1. The van der Waals surface area contributed by atoms with E-state index in [1.807, 2.05) is 48.5 Å². The highest BCUT2D eigenvalue weighted by Crippen LogP contribution is 2.44. The second-order valence-electron chi connectivity index (χ2n) is 7.97. The monoisotopic (exact) mass is 522 g/mol. The van der Waals surface area contributed by atoms with E-state index in [0.717, 1.165) is 32.3 Å². The van der Waals surface area contributed by atoms with Gasteiger partial charge in [0.05, 0.1) is 0 Å². The highest BCUT2D eigenvalue weighted by atomic mass is 79.9. The molecule has 0 spiro atoms. The number of carboxylic acids is 1. The van der Waals surface area contributed by atoms with Gasteiger partial charge in [-0.25, -0.2) is 9.59 Å². The topological polar surface area (TPSA) is 105 Å². The predicted molar refractivity (Wildman–Crippen MR) is 130 cm³/mol. The van der Waals surface area contributed by atoms with Crippen LogP contribution in [-0.4, -0.2) is 42.3 Å². The molecule has 0 saturated heterocycles. The number of halogens is 1. The largest absolute Gasteiger partial charge is 0.480 e. The van der Waals surface area contributed by atoms with Gasteiger partial charge in [0.25, 0.3) is 0 Å². The first-order valence-corrected chi connectivity index (χ1v) is 11.6. The fourth-order valence-corrected chi connectivity index (χ4v) is 4.37. The van der Waals surface area contributed by atoms with Crippen molar-refractivity contribution in [1.29, 1.82) is 0 Å². The van der Waals surface area contributed by atoms with E-state index in [-0.39, 0.29) is 25.5 Å². The van der Waals surface area contributed by atoms with Crippen molar-refractivity contribution in [2.45, 2.75) is 18.4 Å². The van der Waals surface area contributed by atoms with E-state index in [9.17, 15) is 19.5 Å². The number of amides is 2. The first kappa shape index (κ1) is 23.5. The number of ether oxygens (including phenoxy) is 1.